The summed E-state index contributed by atoms with van der Waals surface area (Å²) in [6.07, 6.45) is 0.0824. The molecule has 13 nitrogen and oxygen atoms in total. The average molecular weight is 632 g/mol. The highest BCUT2D eigenvalue weighted by Gasteiger charge is 2.21. The van der Waals surface area contributed by atoms with Crippen molar-refractivity contribution in [2.45, 2.75) is 31.7 Å². The van der Waals surface area contributed by atoms with E-state index in [-0.39, 0.29) is 19.6 Å². The summed E-state index contributed by atoms with van der Waals surface area (Å²) < 4.78 is 42.2. The number of hydrogen-bond donors (Lipinski definition) is 4. The quantitative estimate of drug-likeness (QED) is 0.149. The maximum Gasteiger partial charge on any atom is 0.283 e. The normalized spacial score (nSPS) is 12.9. The molecule has 2 aromatic heterocycles. The summed E-state index contributed by atoms with van der Waals surface area (Å²) in [7, 11) is -3.21. The van der Waals surface area contributed by atoms with Crippen molar-refractivity contribution in [3.8, 4) is 11.5 Å². The molecule has 2 heterocycles. The Labute approximate surface area is 252 Å². The van der Waals surface area contributed by atoms with Crippen LogP contribution in [0.25, 0.3) is 10.9 Å². The second-order valence-corrected chi connectivity index (χ2v) is 11.5. The fourth-order valence-electron chi connectivity index (χ4n) is 4.02. The molecule has 0 aliphatic carbocycles. The van der Waals surface area contributed by atoms with E-state index in [0.717, 1.165) is 10.6 Å². The lowest BCUT2D eigenvalue weighted by molar-refractivity contribution is -0.131. The number of ether oxygens (including phenoxy) is 2. The van der Waals surface area contributed by atoms with Gasteiger partial charge in [-0.3, -0.25) is 14.3 Å². The SMILES string of the molecule is CN(CS(=O)(=O)O)C(=O)CC(O)CC(O)COc1ccc2ncnc(Nc3ccc(OCc4ccccn4)c(Cl)c3)c2c1. The topological polar surface area (TPSA) is 184 Å². The van der Waals surface area contributed by atoms with E-state index < -0.39 is 40.5 Å². The minimum atomic E-state index is -4.39. The van der Waals surface area contributed by atoms with Gasteiger partial charge in [-0.1, -0.05) is 17.7 Å². The molecule has 0 fully saturated rings. The van der Waals surface area contributed by atoms with Crippen LogP contribution in [0.4, 0.5) is 11.5 Å². The van der Waals surface area contributed by atoms with E-state index in [2.05, 4.69) is 20.3 Å². The van der Waals surface area contributed by atoms with Gasteiger partial charge in [0.05, 0.1) is 34.9 Å². The first-order valence-corrected chi connectivity index (χ1v) is 15.0. The number of rotatable bonds is 14. The van der Waals surface area contributed by atoms with Gasteiger partial charge in [0, 0.05) is 30.7 Å². The third-order valence-electron chi connectivity index (χ3n) is 6.08. The number of nitrogens with one attached hydrogen (secondary N) is 1. The Bertz CT molecular complexity index is 1660. The highest BCUT2D eigenvalue weighted by molar-refractivity contribution is 7.85. The third-order valence-corrected chi connectivity index (χ3v) is 7.09. The zero-order chi connectivity index (χ0) is 31.0. The number of aliphatic hydroxyl groups is 2. The molecule has 4 aromatic rings. The first-order chi connectivity index (χ1) is 20.5. The second kappa shape index (κ2) is 14.4. The fourth-order valence-corrected chi connectivity index (χ4v) is 4.89. The van der Waals surface area contributed by atoms with Crippen LogP contribution in [-0.2, 0) is 21.5 Å². The van der Waals surface area contributed by atoms with Crippen molar-refractivity contribution in [1.29, 1.82) is 0 Å². The van der Waals surface area contributed by atoms with Crippen molar-refractivity contribution in [3.63, 3.8) is 0 Å². The van der Waals surface area contributed by atoms with Crippen molar-refractivity contribution >= 4 is 50.0 Å². The van der Waals surface area contributed by atoms with Gasteiger partial charge in [0.1, 0.15) is 42.7 Å². The molecule has 0 saturated heterocycles. The number of halogens is 1. The average Bonchev–Trinajstić information content (AvgIpc) is 2.95. The molecule has 15 heteroatoms. The molecule has 0 bridgehead atoms. The van der Waals surface area contributed by atoms with Crippen LogP contribution >= 0.6 is 11.6 Å². The second-order valence-electron chi connectivity index (χ2n) is 9.64. The van der Waals surface area contributed by atoms with E-state index in [4.69, 9.17) is 25.6 Å². The summed E-state index contributed by atoms with van der Waals surface area (Å²) >= 11 is 6.45. The number of pyridine rings is 1. The Hall–Kier alpha value is -4.08. The van der Waals surface area contributed by atoms with Gasteiger partial charge in [0.25, 0.3) is 10.1 Å². The van der Waals surface area contributed by atoms with Crippen LogP contribution in [0.2, 0.25) is 5.02 Å². The fraction of sp³-hybridized carbons (Fsp3) is 0.286. The molecule has 2 unspecified atom stereocenters. The number of fused-ring (bicyclic) bond motifs is 1. The van der Waals surface area contributed by atoms with Gasteiger partial charge in [-0.05, 0) is 48.5 Å². The van der Waals surface area contributed by atoms with Gasteiger partial charge in [-0.15, -0.1) is 0 Å². The third kappa shape index (κ3) is 9.73. The van der Waals surface area contributed by atoms with Crippen LogP contribution in [0.1, 0.15) is 18.5 Å². The molecule has 2 atom stereocenters. The maximum absolute atomic E-state index is 12.0. The van der Waals surface area contributed by atoms with Crippen molar-refractivity contribution in [1.82, 2.24) is 19.9 Å². The largest absolute Gasteiger partial charge is 0.491 e. The zero-order valence-corrected chi connectivity index (χ0v) is 24.6. The Kier molecular flexibility index (Phi) is 10.7. The highest BCUT2D eigenvalue weighted by Crippen LogP contribution is 2.32. The molecule has 0 spiro atoms. The number of hydrogen-bond acceptors (Lipinski definition) is 11. The van der Waals surface area contributed by atoms with Crippen molar-refractivity contribution in [2.24, 2.45) is 0 Å². The Morgan fingerprint density at radius 1 is 1.05 bits per heavy atom. The summed E-state index contributed by atoms with van der Waals surface area (Å²) in [5, 5.41) is 24.7. The number of carbonyl (C=O) groups excluding carboxylic acids is 1. The molecule has 4 rings (SSSR count). The van der Waals surface area contributed by atoms with Gasteiger partial charge in [-0.25, -0.2) is 9.97 Å². The molecule has 43 heavy (non-hydrogen) atoms. The molecule has 0 aliphatic rings. The monoisotopic (exact) mass is 631 g/mol. The van der Waals surface area contributed by atoms with Crippen LogP contribution in [-0.4, -0.2) is 80.7 Å². The molecule has 4 N–H and O–H groups in total. The van der Waals surface area contributed by atoms with E-state index in [1.165, 1.54) is 13.4 Å². The lowest BCUT2D eigenvalue weighted by Crippen LogP contribution is -2.35. The van der Waals surface area contributed by atoms with E-state index in [0.29, 0.717) is 38.9 Å². The van der Waals surface area contributed by atoms with Gasteiger partial charge in [0.15, 0.2) is 0 Å². The van der Waals surface area contributed by atoms with Gasteiger partial charge >= 0.3 is 0 Å². The van der Waals surface area contributed by atoms with E-state index in [1.807, 2.05) is 18.2 Å². The van der Waals surface area contributed by atoms with Crippen LogP contribution in [0.3, 0.4) is 0 Å². The minimum absolute atomic E-state index is 0.191. The highest BCUT2D eigenvalue weighted by atomic mass is 35.5. The summed E-state index contributed by atoms with van der Waals surface area (Å²) in [4.78, 5) is 25.7. The molecule has 228 valence electrons. The van der Waals surface area contributed by atoms with Crippen LogP contribution < -0.4 is 14.8 Å². The predicted octanol–water partition coefficient (Wildman–Crippen LogP) is 3.19. The number of aliphatic hydroxyl groups excluding tert-OH is 2. The lowest BCUT2D eigenvalue weighted by atomic mass is 10.1. The minimum Gasteiger partial charge on any atom is -0.491 e. The van der Waals surface area contributed by atoms with Gasteiger partial charge < -0.3 is 29.9 Å². The first-order valence-electron chi connectivity index (χ1n) is 13.0. The Morgan fingerprint density at radius 2 is 1.86 bits per heavy atom. The Morgan fingerprint density at radius 3 is 2.58 bits per heavy atom. The predicted molar refractivity (Wildman–Crippen MR) is 159 cm³/mol. The number of amides is 1. The summed E-state index contributed by atoms with van der Waals surface area (Å²) in [6, 6.07) is 15.9. The number of nitrogens with zero attached hydrogens (tertiary/aromatic N) is 4. The smallest absolute Gasteiger partial charge is 0.283 e. The van der Waals surface area contributed by atoms with Crippen molar-refractivity contribution in [2.75, 3.05) is 24.8 Å². The molecule has 2 aromatic carbocycles. The maximum atomic E-state index is 12.0. The van der Waals surface area contributed by atoms with Crippen molar-refractivity contribution < 1.29 is 37.5 Å². The molecule has 0 radical (unpaired) electrons. The summed E-state index contributed by atoms with van der Waals surface area (Å²) in [6.45, 7) is 0.0798. The molecule has 1 amide bonds. The van der Waals surface area contributed by atoms with Crippen molar-refractivity contribution in [3.05, 3.63) is 77.8 Å². The summed E-state index contributed by atoms with van der Waals surface area (Å²) in [5.74, 6) is -0.219. The van der Waals surface area contributed by atoms with Gasteiger partial charge in [0.2, 0.25) is 5.91 Å². The van der Waals surface area contributed by atoms with Gasteiger partial charge in [-0.2, -0.15) is 8.42 Å². The van der Waals surface area contributed by atoms with Crippen LogP contribution in [0.5, 0.6) is 11.5 Å². The first kappa shape index (κ1) is 31.8. The number of anilines is 2. The molecule has 0 aliphatic heterocycles. The lowest BCUT2D eigenvalue weighted by Gasteiger charge is -2.19. The molecular formula is C28H30ClN5O8S. The van der Waals surface area contributed by atoms with E-state index in [1.54, 1.807) is 42.6 Å². The number of aromatic nitrogens is 3. The zero-order valence-electron chi connectivity index (χ0n) is 23.0. The molecular weight excluding hydrogens is 602 g/mol. The van der Waals surface area contributed by atoms with Crippen LogP contribution in [0.15, 0.2) is 67.1 Å². The number of benzene rings is 2. The summed E-state index contributed by atoms with van der Waals surface area (Å²) in [5.41, 5.74) is 2.06. The molecule has 0 saturated carbocycles. The van der Waals surface area contributed by atoms with E-state index >= 15 is 0 Å². The number of carbonyl (C=O) groups is 1. The van der Waals surface area contributed by atoms with E-state index in [9.17, 15) is 23.4 Å². The standard InChI is InChI=1S/C28H30ClN5O8S/c1-34(17-43(38,39)40)27(37)12-20(35)11-21(36)15-41-22-6-7-25-23(13-22)28(32-16-31-25)33-18-5-8-26(24(29)10-18)42-14-19-4-2-3-9-30-19/h2-10,13,16,20-21,35-36H,11-12,14-15,17H2,1H3,(H,31,32,33)(H,38,39,40). The Balaban J connectivity index is 1.35. The van der Waals surface area contributed by atoms with Crippen LogP contribution in [0, 0.1) is 0 Å².